The number of hydrogen-bond acceptors (Lipinski definition) is 6. The molecule has 0 aromatic heterocycles. The SMILES string of the molecule is O=C1NS(=O)(=O)c2ccccc21.OCC(O)CO. The smallest absolute Gasteiger partial charge is 0.266 e. The van der Waals surface area contributed by atoms with Crippen LogP contribution in [0.4, 0.5) is 0 Å². The van der Waals surface area contributed by atoms with Crippen LogP contribution in [-0.2, 0) is 10.0 Å². The van der Waals surface area contributed by atoms with Crippen LogP contribution in [0.2, 0.25) is 0 Å². The number of hydrogen-bond donors (Lipinski definition) is 4. The van der Waals surface area contributed by atoms with Gasteiger partial charge in [0.15, 0.2) is 0 Å². The van der Waals surface area contributed by atoms with Gasteiger partial charge in [-0.2, -0.15) is 0 Å². The van der Waals surface area contributed by atoms with Crippen LogP contribution in [0.1, 0.15) is 10.4 Å². The monoisotopic (exact) mass is 275 g/mol. The zero-order valence-electron chi connectivity index (χ0n) is 9.28. The number of aliphatic hydroxyl groups is 3. The number of nitrogens with one attached hydrogen (secondary N) is 1. The van der Waals surface area contributed by atoms with E-state index in [4.69, 9.17) is 15.3 Å². The summed E-state index contributed by atoms with van der Waals surface area (Å²) in [5.41, 5.74) is 0.220. The minimum atomic E-state index is -3.55. The quantitative estimate of drug-likeness (QED) is 0.518. The van der Waals surface area contributed by atoms with Crippen molar-refractivity contribution in [2.24, 2.45) is 0 Å². The van der Waals surface area contributed by atoms with Crippen molar-refractivity contribution in [3.63, 3.8) is 0 Å². The number of sulfonamides is 1. The lowest BCUT2D eigenvalue weighted by Crippen LogP contribution is -2.20. The normalized spacial score (nSPS) is 15.7. The molecular weight excluding hydrogens is 262 g/mol. The molecule has 1 aromatic carbocycles. The second-order valence-electron chi connectivity index (χ2n) is 3.45. The molecule has 1 amide bonds. The number of aliphatic hydroxyl groups excluding tert-OH is 3. The van der Waals surface area contributed by atoms with E-state index in [1.807, 2.05) is 4.72 Å². The van der Waals surface area contributed by atoms with E-state index in [1.54, 1.807) is 12.1 Å². The fraction of sp³-hybridized carbons (Fsp3) is 0.300. The number of fused-ring (bicyclic) bond motifs is 1. The van der Waals surface area contributed by atoms with Crippen molar-refractivity contribution in [1.82, 2.24) is 4.72 Å². The summed E-state index contributed by atoms with van der Waals surface area (Å²) in [4.78, 5) is 11.1. The number of benzene rings is 1. The van der Waals surface area contributed by atoms with E-state index in [2.05, 4.69) is 0 Å². The summed E-state index contributed by atoms with van der Waals surface area (Å²) < 4.78 is 24.2. The number of amides is 1. The van der Waals surface area contributed by atoms with E-state index in [1.165, 1.54) is 12.1 Å². The third-order valence-electron chi connectivity index (χ3n) is 2.07. The van der Waals surface area contributed by atoms with Gasteiger partial charge >= 0.3 is 0 Å². The van der Waals surface area contributed by atoms with Crippen molar-refractivity contribution in [3.8, 4) is 0 Å². The van der Waals surface area contributed by atoms with Crippen LogP contribution < -0.4 is 4.72 Å². The third-order valence-corrected chi connectivity index (χ3v) is 3.46. The van der Waals surface area contributed by atoms with Crippen LogP contribution in [0.3, 0.4) is 0 Å². The Balaban J connectivity index is 0.000000232. The highest BCUT2D eigenvalue weighted by molar-refractivity contribution is 7.90. The Morgan fingerprint density at radius 3 is 2.17 bits per heavy atom. The molecule has 18 heavy (non-hydrogen) atoms. The van der Waals surface area contributed by atoms with Gasteiger partial charge in [-0.1, -0.05) is 12.1 Å². The number of carbonyl (C=O) groups is 1. The molecule has 1 aliphatic heterocycles. The van der Waals surface area contributed by atoms with Gasteiger partial charge in [-0.05, 0) is 12.1 Å². The van der Waals surface area contributed by atoms with Crippen LogP contribution in [0.5, 0.6) is 0 Å². The molecule has 1 aliphatic rings. The molecule has 0 spiro atoms. The van der Waals surface area contributed by atoms with Gasteiger partial charge in [0, 0.05) is 0 Å². The van der Waals surface area contributed by atoms with E-state index in [0.717, 1.165) is 0 Å². The minimum Gasteiger partial charge on any atom is -0.394 e. The van der Waals surface area contributed by atoms with E-state index in [0.29, 0.717) is 0 Å². The largest absolute Gasteiger partial charge is 0.394 e. The Bertz CT molecular complexity index is 523. The molecule has 1 aromatic rings. The lowest BCUT2D eigenvalue weighted by Gasteiger charge is -1.96. The number of rotatable bonds is 2. The topological polar surface area (TPSA) is 124 Å². The highest BCUT2D eigenvalue weighted by Gasteiger charge is 2.31. The standard InChI is InChI=1S/C7H5NO3S.C3H8O3/c9-7-5-3-1-2-4-6(5)12(10,11)8-7;4-1-3(6)2-5/h1-4H,(H,8,9);3-6H,1-2H2. The van der Waals surface area contributed by atoms with Gasteiger partial charge in [-0.15, -0.1) is 0 Å². The molecule has 7 nitrogen and oxygen atoms in total. The lowest BCUT2D eigenvalue weighted by atomic mass is 10.2. The first-order valence-corrected chi connectivity index (χ1v) is 6.46. The maximum Gasteiger partial charge on any atom is 0.266 e. The second-order valence-corrected chi connectivity index (χ2v) is 5.10. The third kappa shape index (κ3) is 3.26. The van der Waals surface area contributed by atoms with Crippen molar-refractivity contribution >= 4 is 15.9 Å². The molecule has 0 fully saturated rings. The summed E-state index contributed by atoms with van der Waals surface area (Å²) in [7, 11) is -3.55. The fourth-order valence-corrected chi connectivity index (χ4v) is 2.35. The van der Waals surface area contributed by atoms with Gasteiger partial charge in [0.1, 0.15) is 11.0 Å². The molecule has 8 heteroatoms. The average molecular weight is 275 g/mol. The summed E-state index contributed by atoms with van der Waals surface area (Å²) in [6.07, 6.45) is -0.954. The van der Waals surface area contributed by atoms with Gasteiger partial charge in [0.05, 0.1) is 18.8 Å². The predicted molar refractivity (Wildman–Crippen MR) is 61.3 cm³/mol. The summed E-state index contributed by atoms with van der Waals surface area (Å²) in [5.74, 6) is -0.550. The highest BCUT2D eigenvalue weighted by Crippen LogP contribution is 2.20. The van der Waals surface area contributed by atoms with Crippen LogP contribution in [0.15, 0.2) is 29.2 Å². The van der Waals surface area contributed by atoms with Crippen LogP contribution in [0, 0.1) is 0 Å². The first-order valence-electron chi connectivity index (χ1n) is 4.98. The van der Waals surface area contributed by atoms with E-state index >= 15 is 0 Å². The van der Waals surface area contributed by atoms with Crippen molar-refractivity contribution in [3.05, 3.63) is 29.8 Å². The summed E-state index contributed by atoms with van der Waals surface area (Å²) in [5, 5.41) is 24.0. The minimum absolute atomic E-state index is 0.0648. The predicted octanol–water partition coefficient (Wildman–Crippen LogP) is -1.55. The Kier molecular flexibility index (Phi) is 4.79. The van der Waals surface area contributed by atoms with Crippen molar-refractivity contribution in [2.75, 3.05) is 13.2 Å². The summed E-state index contributed by atoms with van der Waals surface area (Å²) in [6.45, 7) is -0.729. The van der Waals surface area contributed by atoms with Crippen molar-refractivity contribution in [1.29, 1.82) is 0 Å². The first kappa shape index (κ1) is 14.6. The maximum absolute atomic E-state index is 11.1. The van der Waals surface area contributed by atoms with Gasteiger partial charge in [-0.25, -0.2) is 13.1 Å². The van der Waals surface area contributed by atoms with E-state index < -0.39 is 22.0 Å². The molecular formula is C10H13NO6S. The van der Waals surface area contributed by atoms with Gasteiger partial charge in [0.25, 0.3) is 15.9 Å². The molecule has 0 bridgehead atoms. The van der Waals surface area contributed by atoms with Crippen LogP contribution in [-0.4, -0.2) is 49.0 Å². The fourth-order valence-electron chi connectivity index (χ4n) is 1.18. The van der Waals surface area contributed by atoms with Crippen LogP contribution in [0.25, 0.3) is 0 Å². The molecule has 4 N–H and O–H groups in total. The molecule has 0 atom stereocenters. The second kappa shape index (κ2) is 5.91. The van der Waals surface area contributed by atoms with Crippen molar-refractivity contribution < 1.29 is 28.5 Å². The van der Waals surface area contributed by atoms with E-state index in [9.17, 15) is 13.2 Å². The zero-order chi connectivity index (χ0) is 13.8. The summed E-state index contributed by atoms with van der Waals surface area (Å²) >= 11 is 0. The van der Waals surface area contributed by atoms with Gasteiger partial charge in [0.2, 0.25) is 0 Å². The molecule has 0 unspecified atom stereocenters. The van der Waals surface area contributed by atoms with E-state index in [-0.39, 0.29) is 23.7 Å². The Hall–Kier alpha value is -1.48. The Morgan fingerprint density at radius 1 is 1.17 bits per heavy atom. The molecule has 100 valence electrons. The molecule has 0 radical (unpaired) electrons. The maximum atomic E-state index is 11.1. The molecule has 0 aliphatic carbocycles. The average Bonchev–Trinajstić information content (AvgIpc) is 2.60. The summed E-state index contributed by atoms with van der Waals surface area (Å²) in [6, 6.07) is 6.09. The zero-order valence-corrected chi connectivity index (χ0v) is 10.1. The highest BCUT2D eigenvalue weighted by atomic mass is 32.2. The van der Waals surface area contributed by atoms with Crippen LogP contribution >= 0.6 is 0 Å². The first-order chi connectivity index (χ1) is 8.42. The van der Waals surface area contributed by atoms with Crippen molar-refractivity contribution in [2.45, 2.75) is 11.0 Å². The lowest BCUT2D eigenvalue weighted by molar-refractivity contribution is 0.0450. The molecule has 0 saturated carbocycles. The molecule has 2 rings (SSSR count). The van der Waals surface area contributed by atoms with Gasteiger partial charge in [-0.3, -0.25) is 4.79 Å². The van der Waals surface area contributed by atoms with Gasteiger partial charge < -0.3 is 15.3 Å². The molecule has 1 heterocycles. The number of carbonyl (C=O) groups excluding carboxylic acids is 1. The Morgan fingerprint density at radius 2 is 1.72 bits per heavy atom. The molecule has 0 saturated heterocycles. The Labute approximate surface area is 104 Å².